The van der Waals surface area contributed by atoms with Crippen LogP contribution in [-0.2, 0) is 0 Å². The fourth-order valence-corrected chi connectivity index (χ4v) is 2.45. The molecule has 4 heteroatoms. The summed E-state index contributed by atoms with van der Waals surface area (Å²) in [5.41, 5.74) is 4.32. The first-order valence-corrected chi connectivity index (χ1v) is 7.50. The third kappa shape index (κ3) is 3.43. The van der Waals surface area contributed by atoms with Gasteiger partial charge in [0.2, 0.25) is 0 Å². The zero-order chi connectivity index (χ0) is 17.1. The van der Waals surface area contributed by atoms with Crippen LogP contribution in [0.1, 0.15) is 15.9 Å². The van der Waals surface area contributed by atoms with E-state index < -0.39 is 5.97 Å². The zero-order valence-electron chi connectivity index (χ0n) is 13.1. The number of rotatable bonds is 4. The standard InChI is InChI=1S/C20H16FNO2/c1-13-2-4-14(5-3-13)15-6-11-18(20(23)24)19(12-15)22-17-9-7-16(21)8-10-17/h2-12,22H,1H3,(H,23,24). The van der Waals surface area contributed by atoms with Crippen molar-refractivity contribution in [3.8, 4) is 11.1 Å². The van der Waals surface area contributed by atoms with Gasteiger partial charge in [0.15, 0.2) is 0 Å². The molecule has 3 nitrogen and oxygen atoms in total. The van der Waals surface area contributed by atoms with Crippen molar-refractivity contribution in [2.75, 3.05) is 5.32 Å². The number of halogens is 1. The molecule has 3 rings (SSSR count). The van der Waals surface area contributed by atoms with Crippen LogP contribution in [0.25, 0.3) is 11.1 Å². The van der Waals surface area contributed by atoms with Crippen LogP contribution in [0.15, 0.2) is 66.7 Å². The molecule has 120 valence electrons. The summed E-state index contributed by atoms with van der Waals surface area (Å²) in [7, 11) is 0. The number of benzene rings is 3. The van der Waals surface area contributed by atoms with E-state index in [-0.39, 0.29) is 11.4 Å². The Morgan fingerprint density at radius 3 is 2.17 bits per heavy atom. The van der Waals surface area contributed by atoms with E-state index in [2.05, 4.69) is 5.32 Å². The van der Waals surface area contributed by atoms with Crippen LogP contribution in [-0.4, -0.2) is 11.1 Å². The molecule has 0 bridgehead atoms. The van der Waals surface area contributed by atoms with Crippen molar-refractivity contribution >= 4 is 17.3 Å². The van der Waals surface area contributed by atoms with Gasteiger partial charge in [-0.3, -0.25) is 0 Å². The van der Waals surface area contributed by atoms with Crippen LogP contribution in [0.3, 0.4) is 0 Å². The maximum absolute atomic E-state index is 13.0. The SMILES string of the molecule is Cc1ccc(-c2ccc(C(=O)O)c(Nc3ccc(F)cc3)c2)cc1. The Labute approximate surface area is 139 Å². The van der Waals surface area contributed by atoms with E-state index in [0.717, 1.165) is 16.7 Å². The smallest absolute Gasteiger partial charge is 0.337 e. The van der Waals surface area contributed by atoms with Crippen LogP contribution in [0, 0.1) is 12.7 Å². The molecule has 0 amide bonds. The summed E-state index contributed by atoms with van der Waals surface area (Å²) >= 11 is 0. The number of carbonyl (C=O) groups is 1. The predicted molar refractivity (Wildman–Crippen MR) is 93.3 cm³/mol. The highest BCUT2D eigenvalue weighted by Crippen LogP contribution is 2.28. The summed E-state index contributed by atoms with van der Waals surface area (Å²) < 4.78 is 13.0. The molecule has 0 saturated carbocycles. The second-order valence-electron chi connectivity index (χ2n) is 5.56. The van der Waals surface area contributed by atoms with Gasteiger partial charge in [0.25, 0.3) is 0 Å². The highest BCUT2D eigenvalue weighted by atomic mass is 19.1. The van der Waals surface area contributed by atoms with E-state index in [1.807, 2.05) is 31.2 Å². The number of hydrogen-bond donors (Lipinski definition) is 2. The molecule has 0 heterocycles. The number of aromatic carboxylic acids is 1. The second kappa shape index (κ2) is 6.54. The Kier molecular flexibility index (Phi) is 4.29. The van der Waals surface area contributed by atoms with Gasteiger partial charge < -0.3 is 10.4 Å². The number of carboxylic acid groups (broad SMARTS) is 1. The molecule has 0 aliphatic carbocycles. The Morgan fingerprint density at radius 1 is 0.917 bits per heavy atom. The molecule has 3 aromatic rings. The van der Waals surface area contributed by atoms with E-state index in [9.17, 15) is 14.3 Å². The minimum Gasteiger partial charge on any atom is -0.478 e. The first-order valence-electron chi connectivity index (χ1n) is 7.50. The molecule has 3 aromatic carbocycles. The molecule has 0 fully saturated rings. The van der Waals surface area contributed by atoms with Crippen molar-refractivity contribution in [2.45, 2.75) is 6.92 Å². The average molecular weight is 321 g/mol. The Morgan fingerprint density at radius 2 is 1.54 bits per heavy atom. The van der Waals surface area contributed by atoms with Crippen molar-refractivity contribution in [1.29, 1.82) is 0 Å². The predicted octanol–water partition coefficient (Wildman–Crippen LogP) is 5.24. The number of hydrogen-bond acceptors (Lipinski definition) is 2. The first kappa shape index (κ1) is 15.7. The van der Waals surface area contributed by atoms with Crippen molar-refractivity contribution in [1.82, 2.24) is 0 Å². The molecular weight excluding hydrogens is 305 g/mol. The molecule has 0 saturated heterocycles. The number of aryl methyl sites for hydroxylation is 1. The minimum atomic E-state index is -1.02. The molecule has 2 N–H and O–H groups in total. The van der Waals surface area contributed by atoms with E-state index in [4.69, 9.17) is 0 Å². The van der Waals surface area contributed by atoms with Gasteiger partial charge in [-0.25, -0.2) is 9.18 Å². The molecule has 0 aliphatic heterocycles. The van der Waals surface area contributed by atoms with Gasteiger partial charge in [0.05, 0.1) is 11.3 Å². The summed E-state index contributed by atoms with van der Waals surface area (Å²) in [5, 5.41) is 12.4. The van der Waals surface area contributed by atoms with E-state index in [0.29, 0.717) is 11.4 Å². The zero-order valence-corrected chi connectivity index (χ0v) is 13.1. The first-order chi connectivity index (χ1) is 11.5. The van der Waals surface area contributed by atoms with Crippen LogP contribution >= 0.6 is 0 Å². The summed E-state index contributed by atoms with van der Waals surface area (Å²) in [4.78, 5) is 11.5. The lowest BCUT2D eigenvalue weighted by atomic mass is 10.0. The largest absolute Gasteiger partial charge is 0.478 e. The fourth-order valence-electron chi connectivity index (χ4n) is 2.45. The average Bonchev–Trinajstić information content (AvgIpc) is 2.57. The molecule has 0 spiro atoms. The van der Waals surface area contributed by atoms with Crippen molar-refractivity contribution in [2.24, 2.45) is 0 Å². The van der Waals surface area contributed by atoms with Crippen LogP contribution in [0.5, 0.6) is 0 Å². The monoisotopic (exact) mass is 321 g/mol. The summed E-state index contributed by atoms with van der Waals surface area (Å²) in [6.45, 7) is 2.01. The fraction of sp³-hybridized carbons (Fsp3) is 0.0500. The third-order valence-electron chi connectivity index (χ3n) is 3.76. The minimum absolute atomic E-state index is 0.162. The normalized spacial score (nSPS) is 10.4. The number of anilines is 2. The van der Waals surface area contributed by atoms with Gasteiger partial charge in [-0.2, -0.15) is 0 Å². The maximum Gasteiger partial charge on any atom is 0.337 e. The summed E-state index contributed by atoms with van der Waals surface area (Å²) in [6, 6.07) is 18.9. The quantitative estimate of drug-likeness (QED) is 0.690. The topological polar surface area (TPSA) is 49.3 Å². The van der Waals surface area contributed by atoms with Gasteiger partial charge in [0.1, 0.15) is 5.82 Å². The van der Waals surface area contributed by atoms with Gasteiger partial charge in [-0.1, -0.05) is 35.9 Å². The maximum atomic E-state index is 13.0. The third-order valence-corrected chi connectivity index (χ3v) is 3.76. The van der Waals surface area contributed by atoms with Gasteiger partial charge in [0, 0.05) is 5.69 Å². The molecule has 0 radical (unpaired) electrons. The molecule has 24 heavy (non-hydrogen) atoms. The van der Waals surface area contributed by atoms with Crippen molar-refractivity contribution in [3.63, 3.8) is 0 Å². The second-order valence-corrected chi connectivity index (χ2v) is 5.56. The van der Waals surface area contributed by atoms with Crippen LogP contribution in [0.2, 0.25) is 0 Å². The van der Waals surface area contributed by atoms with Gasteiger partial charge in [-0.15, -0.1) is 0 Å². The molecule has 0 atom stereocenters. The van der Waals surface area contributed by atoms with Crippen LogP contribution < -0.4 is 5.32 Å². The Balaban J connectivity index is 2.01. The number of nitrogens with one attached hydrogen (secondary N) is 1. The van der Waals surface area contributed by atoms with E-state index >= 15 is 0 Å². The number of carboxylic acids is 1. The summed E-state index contributed by atoms with van der Waals surface area (Å²) in [5.74, 6) is -1.36. The summed E-state index contributed by atoms with van der Waals surface area (Å²) in [6.07, 6.45) is 0. The van der Waals surface area contributed by atoms with Crippen molar-refractivity contribution < 1.29 is 14.3 Å². The van der Waals surface area contributed by atoms with E-state index in [1.54, 1.807) is 30.3 Å². The Bertz CT molecular complexity index is 871. The molecular formula is C20H16FNO2. The Hall–Kier alpha value is -3.14. The van der Waals surface area contributed by atoms with Crippen molar-refractivity contribution in [3.05, 3.63) is 83.7 Å². The lowest BCUT2D eigenvalue weighted by Crippen LogP contribution is -2.03. The molecule has 0 aromatic heterocycles. The van der Waals surface area contributed by atoms with E-state index in [1.165, 1.54) is 12.1 Å². The highest BCUT2D eigenvalue weighted by Gasteiger charge is 2.12. The van der Waals surface area contributed by atoms with Gasteiger partial charge >= 0.3 is 5.97 Å². The molecule has 0 aliphatic rings. The van der Waals surface area contributed by atoms with Crippen LogP contribution in [0.4, 0.5) is 15.8 Å². The molecule has 0 unspecified atom stereocenters. The van der Waals surface area contributed by atoms with Gasteiger partial charge in [-0.05, 0) is 54.4 Å². The lowest BCUT2D eigenvalue weighted by Gasteiger charge is -2.12. The lowest BCUT2D eigenvalue weighted by molar-refractivity contribution is 0.0698. The highest BCUT2D eigenvalue weighted by molar-refractivity contribution is 5.96.